The van der Waals surface area contributed by atoms with E-state index in [0.717, 1.165) is 17.5 Å². The van der Waals surface area contributed by atoms with Gasteiger partial charge in [0.2, 0.25) is 0 Å². The van der Waals surface area contributed by atoms with E-state index in [9.17, 15) is 14.7 Å². The molecule has 4 rings (SSSR count). The van der Waals surface area contributed by atoms with E-state index in [1.54, 1.807) is 24.3 Å². The molecule has 170 valence electrons. The molecule has 1 atom stereocenters. The number of aryl methyl sites for hydroxylation is 1. The van der Waals surface area contributed by atoms with Crippen molar-refractivity contribution in [1.29, 1.82) is 0 Å². The van der Waals surface area contributed by atoms with Crippen molar-refractivity contribution in [1.82, 2.24) is 4.90 Å². The standard InChI is InChI=1S/C26H24ClNO5/c1-3-16-7-9-17(10-8-16)23-22(24(29)18-11-12-21(32-4-2)20(27)14-18)25(30)26(31)28(23)15-19-6-5-13-33-19/h5-14,23,29H,3-4,15H2,1-2H3. The molecule has 2 aromatic carbocycles. The first kappa shape index (κ1) is 22.7. The van der Waals surface area contributed by atoms with Crippen molar-refractivity contribution in [3.8, 4) is 5.75 Å². The molecule has 1 N–H and O–H groups in total. The van der Waals surface area contributed by atoms with Gasteiger partial charge in [0.1, 0.15) is 17.3 Å². The topological polar surface area (TPSA) is 80.0 Å². The van der Waals surface area contributed by atoms with Gasteiger partial charge in [-0.15, -0.1) is 0 Å². The number of aliphatic hydroxyl groups is 1. The van der Waals surface area contributed by atoms with Crippen molar-refractivity contribution in [2.45, 2.75) is 32.9 Å². The van der Waals surface area contributed by atoms with E-state index >= 15 is 0 Å². The van der Waals surface area contributed by atoms with Crippen LogP contribution in [0.15, 0.2) is 70.9 Å². The maximum atomic E-state index is 13.1. The molecule has 0 saturated carbocycles. The van der Waals surface area contributed by atoms with Crippen molar-refractivity contribution < 1.29 is 23.8 Å². The monoisotopic (exact) mass is 465 g/mol. The number of furan rings is 1. The highest BCUT2D eigenvalue weighted by Crippen LogP contribution is 2.41. The lowest BCUT2D eigenvalue weighted by atomic mass is 9.94. The molecule has 1 aromatic heterocycles. The van der Waals surface area contributed by atoms with Crippen LogP contribution in [0.3, 0.4) is 0 Å². The molecule has 1 aliphatic rings. The van der Waals surface area contributed by atoms with E-state index < -0.39 is 17.7 Å². The van der Waals surface area contributed by atoms with E-state index in [4.69, 9.17) is 20.8 Å². The summed E-state index contributed by atoms with van der Waals surface area (Å²) >= 11 is 6.30. The molecule has 0 spiro atoms. The van der Waals surface area contributed by atoms with Gasteiger partial charge in [0, 0.05) is 5.56 Å². The molecule has 1 unspecified atom stereocenters. The molecular formula is C26H24ClNO5. The van der Waals surface area contributed by atoms with Gasteiger partial charge in [-0.2, -0.15) is 0 Å². The zero-order valence-corrected chi connectivity index (χ0v) is 19.1. The maximum Gasteiger partial charge on any atom is 0.296 e. The first-order valence-corrected chi connectivity index (χ1v) is 11.1. The lowest BCUT2D eigenvalue weighted by Gasteiger charge is -2.24. The van der Waals surface area contributed by atoms with Crippen LogP contribution in [0.25, 0.3) is 5.76 Å². The fourth-order valence-corrected chi connectivity index (χ4v) is 4.21. The zero-order valence-electron chi connectivity index (χ0n) is 18.4. The van der Waals surface area contributed by atoms with Gasteiger partial charge >= 0.3 is 0 Å². The number of carbonyl (C=O) groups is 2. The minimum absolute atomic E-state index is 0.0102. The fourth-order valence-electron chi connectivity index (χ4n) is 3.97. The summed E-state index contributed by atoms with van der Waals surface area (Å²) in [5.41, 5.74) is 2.18. The normalized spacial score (nSPS) is 17.5. The summed E-state index contributed by atoms with van der Waals surface area (Å²) in [6, 6.07) is 15.1. The number of nitrogens with zero attached hydrogens (tertiary/aromatic N) is 1. The van der Waals surface area contributed by atoms with Crippen molar-refractivity contribution in [3.05, 3.63) is 93.9 Å². The molecule has 6 nitrogen and oxygen atoms in total. The molecule has 3 aromatic rings. The summed E-state index contributed by atoms with van der Waals surface area (Å²) < 4.78 is 10.9. The number of hydrogen-bond donors (Lipinski definition) is 1. The van der Waals surface area contributed by atoms with Gasteiger partial charge in [0.15, 0.2) is 0 Å². The molecule has 1 aliphatic heterocycles. The number of amides is 1. The quantitative estimate of drug-likeness (QED) is 0.282. The van der Waals surface area contributed by atoms with Gasteiger partial charge in [-0.05, 0) is 54.8 Å². The lowest BCUT2D eigenvalue weighted by molar-refractivity contribution is -0.140. The summed E-state index contributed by atoms with van der Waals surface area (Å²) in [5, 5.41) is 11.5. The van der Waals surface area contributed by atoms with Gasteiger partial charge in [-0.25, -0.2) is 0 Å². The second-order valence-corrected chi connectivity index (χ2v) is 8.09. The number of carbonyl (C=O) groups excluding carboxylic acids is 2. The third-order valence-electron chi connectivity index (χ3n) is 5.66. The predicted octanol–water partition coefficient (Wildman–Crippen LogP) is 5.52. The second kappa shape index (κ2) is 9.55. The largest absolute Gasteiger partial charge is 0.507 e. The van der Waals surface area contributed by atoms with Crippen molar-refractivity contribution in [3.63, 3.8) is 0 Å². The Hall–Kier alpha value is -3.51. The van der Waals surface area contributed by atoms with E-state index in [-0.39, 0.29) is 17.9 Å². The highest BCUT2D eigenvalue weighted by atomic mass is 35.5. The maximum absolute atomic E-state index is 13.1. The number of ketones is 1. The molecule has 7 heteroatoms. The number of ether oxygens (including phenoxy) is 1. The summed E-state index contributed by atoms with van der Waals surface area (Å²) in [7, 11) is 0. The Bertz CT molecular complexity index is 1200. The molecule has 0 bridgehead atoms. The van der Waals surface area contributed by atoms with Gasteiger partial charge < -0.3 is 19.2 Å². The fraction of sp³-hybridized carbons (Fsp3) is 0.231. The Labute approximate surface area is 197 Å². The van der Waals surface area contributed by atoms with Crippen molar-refractivity contribution in [2.75, 3.05) is 6.61 Å². The highest BCUT2D eigenvalue weighted by molar-refractivity contribution is 6.46. The Kier molecular flexibility index (Phi) is 6.56. The first-order chi connectivity index (χ1) is 15.9. The van der Waals surface area contributed by atoms with Crippen LogP contribution in [0.4, 0.5) is 0 Å². The molecule has 2 heterocycles. The van der Waals surface area contributed by atoms with E-state index in [1.165, 1.54) is 17.2 Å². The van der Waals surface area contributed by atoms with Gasteiger partial charge in [-0.1, -0.05) is 42.8 Å². The Morgan fingerprint density at radius 2 is 1.88 bits per heavy atom. The third kappa shape index (κ3) is 4.39. The average molecular weight is 466 g/mol. The minimum atomic E-state index is -0.772. The Balaban J connectivity index is 1.83. The number of Topliss-reactive ketones (excluding diaryl/α,β-unsaturated/α-hetero) is 1. The Morgan fingerprint density at radius 3 is 2.48 bits per heavy atom. The van der Waals surface area contributed by atoms with Gasteiger partial charge in [-0.3, -0.25) is 9.59 Å². The summed E-state index contributed by atoms with van der Waals surface area (Å²) in [6.07, 6.45) is 2.37. The molecule has 0 aliphatic carbocycles. The van der Waals surface area contributed by atoms with Crippen molar-refractivity contribution >= 4 is 29.1 Å². The van der Waals surface area contributed by atoms with E-state index in [2.05, 4.69) is 0 Å². The van der Waals surface area contributed by atoms with Crippen LogP contribution in [-0.2, 0) is 22.6 Å². The lowest BCUT2D eigenvalue weighted by Crippen LogP contribution is -2.29. The van der Waals surface area contributed by atoms with E-state index in [0.29, 0.717) is 28.7 Å². The number of rotatable bonds is 7. The molecule has 0 radical (unpaired) electrons. The van der Waals surface area contributed by atoms with E-state index in [1.807, 2.05) is 38.1 Å². The van der Waals surface area contributed by atoms with Crippen LogP contribution in [0.2, 0.25) is 5.02 Å². The molecule has 33 heavy (non-hydrogen) atoms. The minimum Gasteiger partial charge on any atom is -0.507 e. The number of benzene rings is 2. The molecule has 1 saturated heterocycles. The predicted molar refractivity (Wildman–Crippen MR) is 125 cm³/mol. The van der Waals surface area contributed by atoms with Crippen LogP contribution in [0.1, 0.15) is 42.3 Å². The molecular weight excluding hydrogens is 442 g/mol. The highest BCUT2D eigenvalue weighted by Gasteiger charge is 2.46. The van der Waals surface area contributed by atoms with Gasteiger partial charge in [0.25, 0.3) is 11.7 Å². The van der Waals surface area contributed by atoms with Gasteiger partial charge in [0.05, 0.1) is 36.1 Å². The van der Waals surface area contributed by atoms with Crippen LogP contribution in [0.5, 0.6) is 5.75 Å². The smallest absolute Gasteiger partial charge is 0.296 e. The number of likely N-dealkylation sites (tertiary alicyclic amines) is 1. The van der Waals surface area contributed by atoms with Crippen LogP contribution in [-0.4, -0.2) is 28.3 Å². The number of halogens is 1. The van der Waals surface area contributed by atoms with Crippen molar-refractivity contribution in [2.24, 2.45) is 0 Å². The first-order valence-electron chi connectivity index (χ1n) is 10.8. The average Bonchev–Trinajstić information content (AvgIpc) is 3.42. The second-order valence-electron chi connectivity index (χ2n) is 7.68. The molecule has 1 fully saturated rings. The number of hydrogen-bond acceptors (Lipinski definition) is 5. The molecule has 1 amide bonds. The summed E-state index contributed by atoms with van der Waals surface area (Å²) in [6.45, 7) is 4.43. The van der Waals surface area contributed by atoms with Crippen LogP contribution >= 0.6 is 11.6 Å². The van der Waals surface area contributed by atoms with Crippen LogP contribution in [0, 0.1) is 0 Å². The zero-order chi connectivity index (χ0) is 23.5. The SMILES string of the molecule is CCOc1ccc(C(O)=C2C(=O)C(=O)N(Cc3ccco3)C2c2ccc(CC)cc2)cc1Cl. The summed E-state index contributed by atoms with van der Waals surface area (Å²) in [5.74, 6) is -0.732. The third-order valence-corrected chi connectivity index (χ3v) is 5.95. The summed E-state index contributed by atoms with van der Waals surface area (Å²) in [4.78, 5) is 27.6. The van der Waals surface area contributed by atoms with Crippen LogP contribution < -0.4 is 4.74 Å². The Morgan fingerprint density at radius 1 is 1.12 bits per heavy atom. The number of aliphatic hydroxyl groups excluding tert-OH is 1.